The third-order valence-electron chi connectivity index (χ3n) is 2.48. The Kier molecular flexibility index (Phi) is 1.70. The molecule has 3 heterocycles. The summed E-state index contributed by atoms with van der Waals surface area (Å²) in [5.41, 5.74) is 2.82. The SMILES string of the molecule is C[n+]1ccc2[c](c1)[Ge][c]1cnccc1-2. The van der Waals surface area contributed by atoms with E-state index in [4.69, 9.17) is 0 Å². The molecule has 0 aliphatic carbocycles. The van der Waals surface area contributed by atoms with Crippen molar-refractivity contribution in [2.45, 2.75) is 0 Å². The van der Waals surface area contributed by atoms with Gasteiger partial charge in [-0.2, -0.15) is 0 Å². The zero-order chi connectivity index (χ0) is 9.54. The van der Waals surface area contributed by atoms with E-state index in [-0.39, 0.29) is 15.4 Å². The zero-order valence-electron chi connectivity index (χ0n) is 7.86. The molecular formula is C11H9GeN2+. The Morgan fingerprint density at radius 1 is 1.21 bits per heavy atom. The Morgan fingerprint density at radius 3 is 3.00 bits per heavy atom. The molecular weight excluding hydrogens is 233 g/mol. The summed E-state index contributed by atoms with van der Waals surface area (Å²) in [6, 6.07) is 4.34. The second-order valence-electron chi connectivity index (χ2n) is 3.48. The molecule has 0 amide bonds. The summed E-state index contributed by atoms with van der Waals surface area (Å²) in [4.78, 5) is 4.19. The van der Waals surface area contributed by atoms with Gasteiger partial charge in [0.1, 0.15) is 0 Å². The molecule has 3 heteroatoms. The number of aromatic nitrogens is 2. The Labute approximate surface area is 89.1 Å². The summed E-state index contributed by atoms with van der Waals surface area (Å²) in [6.07, 6.45) is 8.26. The summed E-state index contributed by atoms with van der Waals surface area (Å²) in [7, 11) is 2.08. The molecule has 2 nitrogen and oxygen atoms in total. The van der Waals surface area contributed by atoms with Crippen molar-refractivity contribution in [3.05, 3.63) is 36.9 Å². The molecule has 0 bridgehead atoms. The van der Waals surface area contributed by atoms with Gasteiger partial charge in [0.2, 0.25) is 0 Å². The number of hydrogen-bond acceptors (Lipinski definition) is 1. The van der Waals surface area contributed by atoms with Gasteiger partial charge in [0, 0.05) is 0 Å². The number of aryl methyl sites for hydroxylation is 1. The van der Waals surface area contributed by atoms with Gasteiger partial charge >= 0.3 is 88.9 Å². The molecule has 3 rings (SSSR count). The van der Waals surface area contributed by atoms with Gasteiger partial charge < -0.3 is 0 Å². The van der Waals surface area contributed by atoms with Gasteiger partial charge in [-0.1, -0.05) is 0 Å². The van der Waals surface area contributed by atoms with E-state index in [0.29, 0.717) is 0 Å². The van der Waals surface area contributed by atoms with Crippen molar-refractivity contribution in [1.29, 1.82) is 0 Å². The van der Waals surface area contributed by atoms with Crippen LogP contribution in [-0.4, -0.2) is 20.4 Å². The zero-order valence-corrected chi connectivity index (χ0v) is 9.96. The topological polar surface area (TPSA) is 16.8 Å². The Bertz CT molecular complexity index is 508. The fourth-order valence-corrected chi connectivity index (χ4v) is 4.75. The Morgan fingerprint density at radius 2 is 2.07 bits per heavy atom. The van der Waals surface area contributed by atoms with Crippen molar-refractivity contribution < 1.29 is 4.57 Å². The third kappa shape index (κ3) is 1.10. The van der Waals surface area contributed by atoms with Crippen LogP contribution in [0.25, 0.3) is 11.1 Å². The van der Waals surface area contributed by atoms with Crippen molar-refractivity contribution in [2.75, 3.05) is 0 Å². The second kappa shape index (κ2) is 2.92. The van der Waals surface area contributed by atoms with E-state index in [1.165, 1.54) is 19.9 Å². The van der Waals surface area contributed by atoms with Crippen molar-refractivity contribution in [3.63, 3.8) is 0 Å². The summed E-state index contributed by atoms with van der Waals surface area (Å²) in [6.45, 7) is 0. The van der Waals surface area contributed by atoms with E-state index in [1.807, 2.05) is 12.4 Å². The van der Waals surface area contributed by atoms with Gasteiger partial charge in [-0.15, -0.1) is 0 Å². The molecule has 1 aliphatic heterocycles. The molecule has 2 aromatic heterocycles. The molecule has 2 aromatic rings. The maximum absolute atomic E-state index is 4.19. The first-order valence-corrected chi connectivity index (χ1v) is 6.65. The second-order valence-corrected chi connectivity index (χ2v) is 6.27. The molecule has 2 radical (unpaired) electrons. The molecule has 0 atom stereocenters. The average Bonchev–Trinajstić information content (AvgIpc) is 2.54. The molecule has 0 unspecified atom stereocenters. The molecule has 1 aliphatic rings. The number of fused-ring (bicyclic) bond motifs is 3. The van der Waals surface area contributed by atoms with Crippen LogP contribution in [0.4, 0.5) is 0 Å². The molecule has 0 N–H and O–H groups in total. The maximum atomic E-state index is 4.19. The van der Waals surface area contributed by atoms with Crippen LogP contribution in [0.2, 0.25) is 0 Å². The van der Waals surface area contributed by atoms with E-state index in [1.54, 1.807) is 0 Å². The summed E-state index contributed by atoms with van der Waals surface area (Å²) < 4.78 is 5.12. The number of pyridine rings is 2. The Balaban J connectivity index is 2.27. The molecule has 66 valence electrons. The first-order valence-electron chi connectivity index (χ1n) is 4.55. The van der Waals surface area contributed by atoms with E-state index in [2.05, 4.69) is 41.1 Å². The molecule has 0 fully saturated rings. The van der Waals surface area contributed by atoms with Gasteiger partial charge in [0.25, 0.3) is 0 Å². The van der Waals surface area contributed by atoms with E-state index in [0.717, 1.165) is 0 Å². The minimum absolute atomic E-state index is 0.136. The van der Waals surface area contributed by atoms with Crippen molar-refractivity contribution >= 4 is 24.2 Å². The van der Waals surface area contributed by atoms with Crippen LogP contribution in [-0.2, 0) is 7.05 Å². The first kappa shape index (κ1) is 8.18. The molecule has 0 spiro atoms. The van der Waals surface area contributed by atoms with Crippen LogP contribution < -0.4 is 13.4 Å². The van der Waals surface area contributed by atoms with Crippen LogP contribution in [0.1, 0.15) is 0 Å². The number of hydrogen-bond donors (Lipinski definition) is 0. The van der Waals surface area contributed by atoms with Gasteiger partial charge in [-0.3, -0.25) is 0 Å². The van der Waals surface area contributed by atoms with Gasteiger partial charge in [0.05, 0.1) is 0 Å². The van der Waals surface area contributed by atoms with Gasteiger partial charge in [0.15, 0.2) is 0 Å². The summed E-state index contributed by atoms with van der Waals surface area (Å²) in [5.74, 6) is 0. The van der Waals surface area contributed by atoms with Crippen LogP contribution in [0.15, 0.2) is 36.9 Å². The number of rotatable bonds is 0. The standard InChI is InChI=1S/C11H9GeN2/c1-14-5-3-9-8-2-4-13-6-10(8)12-11(9)7-14/h2-7H,1H3/q+1. The van der Waals surface area contributed by atoms with E-state index < -0.39 is 0 Å². The predicted octanol–water partition coefficient (Wildman–Crippen LogP) is -0.459. The quantitative estimate of drug-likeness (QED) is 0.385. The van der Waals surface area contributed by atoms with Gasteiger partial charge in [-0.25, -0.2) is 0 Å². The van der Waals surface area contributed by atoms with Crippen LogP contribution in [0.5, 0.6) is 0 Å². The summed E-state index contributed by atoms with van der Waals surface area (Å²) >= 11 is -0.136. The molecule has 0 aromatic carbocycles. The average molecular weight is 242 g/mol. The Hall–Kier alpha value is -1.16. The van der Waals surface area contributed by atoms with Gasteiger partial charge in [-0.05, 0) is 0 Å². The monoisotopic (exact) mass is 243 g/mol. The fourth-order valence-electron chi connectivity index (χ4n) is 1.81. The van der Waals surface area contributed by atoms with Crippen LogP contribution in [0, 0.1) is 0 Å². The fraction of sp³-hybridized carbons (Fsp3) is 0.0909. The van der Waals surface area contributed by atoms with Crippen molar-refractivity contribution in [1.82, 2.24) is 4.98 Å². The van der Waals surface area contributed by atoms with E-state index in [9.17, 15) is 0 Å². The predicted molar refractivity (Wildman–Crippen MR) is 55.9 cm³/mol. The normalized spacial score (nSPS) is 12.4. The first-order chi connectivity index (χ1) is 6.84. The summed E-state index contributed by atoms with van der Waals surface area (Å²) in [5, 5.41) is 0. The van der Waals surface area contributed by atoms with Crippen molar-refractivity contribution in [3.8, 4) is 11.1 Å². The minimum atomic E-state index is -0.136. The van der Waals surface area contributed by atoms with Crippen LogP contribution in [0.3, 0.4) is 0 Å². The molecule has 0 saturated carbocycles. The third-order valence-corrected chi connectivity index (χ3v) is 5.28. The van der Waals surface area contributed by atoms with Crippen LogP contribution >= 0.6 is 0 Å². The van der Waals surface area contributed by atoms with E-state index >= 15 is 0 Å². The van der Waals surface area contributed by atoms with Crippen molar-refractivity contribution in [2.24, 2.45) is 7.05 Å². The molecule has 0 saturated heterocycles. The molecule has 14 heavy (non-hydrogen) atoms. The number of nitrogens with zero attached hydrogens (tertiary/aromatic N) is 2.